The standard InChI is InChI=1S/C11H11NO3/c1-2-10(13)12-11-7-14-8-5-3-4-6-9(8)15-11/h2-6,11H,1,7H2,(H,12,13). The van der Waals surface area contributed by atoms with Gasteiger partial charge in [0.05, 0.1) is 0 Å². The van der Waals surface area contributed by atoms with Crippen LogP contribution in [0.1, 0.15) is 0 Å². The Morgan fingerprint density at radius 3 is 2.93 bits per heavy atom. The number of nitrogens with one attached hydrogen (secondary N) is 1. The summed E-state index contributed by atoms with van der Waals surface area (Å²) in [6.07, 6.45) is 0.745. The molecule has 0 radical (unpaired) electrons. The van der Waals surface area contributed by atoms with Crippen LogP contribution >= 0.6 is 0 Å². The molecule has 1 N–H and O–H groups in total. The van der Waals surface area contributed by atoms with Crippen molar-refractivity contribution in [2.75, 3.05) is 6.61 Å². The predicted molar refractivity (Wildman–Crippen MR) is 54.7 cm³/mol. The molecule has 1 heterocycles. The van der Waals surface area contributed by atoms with Crippen LogP contribution in [0, 0.1) is 0 Å². The number of hydrogen-bond acceptors (Lipinski definition) is 3. The SMILES string of the molecule is C=CC(=O)NC1COc2ccccc2O1. The minimum Gasteiger partial charge on any atom is -0.484 e. The lowest BCUT2D eigenvalue weighted by Gasteiger charge is -2.26. The van der Waals surface area contributed by atoms with E-state index in [1.807, 2.05) is 18.2 Å². The second-order valence-corrected chi connectivity index (χ2v) is 3.08. The van der Waals surface area contributed by atoms with Crippen LogP contribution in [0.25, 0.3) is 0 Å². The molecule has 0 spiro atoms. The van der Waals surface area contributed by atoms with Crippen molar-refractivity contribution in [1.82, 2.24) is 5.32 Å². The van der Waals surface area contributed by atoms with Crippen LogP contribution in [0.3, 0.4) is 0 Å². The van der Waals surface area contributed by atoms with Gasteiger partial charge in [0.25, 0.3) is 0 Å². The maximum Gasteiger partial charge on any atom is 0.246 e. The Morgan fingerprint density at radius 1 is 1.47 bits per heavy atom. The van der Waals surface area contributed by atoms with Crippen LogP contribution in [0.5, 0.6) is 11.5 Å². The predicted octanol–water partition coefficient (Wildman–Crippen LogP) is 1.09. The number of ether oxygens (including phenoxy) is 2. The van der Waals surface area contributed by atoms with E-state index in [2.05, 4.69) is 11.9 Å². The van der Waals surface area contributed by atoms with Crippen molar-refractivity contribution in [3.8, 4) is 11.5 Å². The highest BCUT2D eigenvalue weighted by molar-refractivity contribution is 5.87. The number of amides is 1. The van der Waals surface area contributed by atoms with Crippen molar-refractivity contribution in [3.05, 3.63) is 36.9 Å². The zero-order chi connectivity index (χ0) is 10.7. The van der Waals surface area contributed by atoms with Gasteiger partial charge in [-0.25, -0.2) is 0 Å². The molecule has 0 aliphatic carbocycles. The van der Waals surface area contributed by atoms with Gasteiger partial charge in [-0.2, -0.15) is 0 Å². The van der Waals surface area contributed by atoms with Gasteiger partial charge in [-0.1, -0.05) is 18.7 Å². The van der Waals surface area contributed by atoms with Gasteiger partial charge in [0.2, 0.25) is 12.1 Å². The maximum atomic E-state index is 11.0. The first-order valence-corrected chi connectivity index (χ1v) is 4.61. The van der Waals surface area contributed by atoms with Crippen molar-refractivity contribution in [2.45, 2.75) is 6.23 Å². The molecule has 0 fully saturated rings. The first-order chi connectivity index (χ1) is 7.29. The summed E-state index contributed by atoms with van der Waals surface area (Å²) >= 11 is 0. The van der Waals surface area contributed by atoms with Crippen molar-refractivity contribution < 1.29 is 14.3 Å². The Bertz CT molecular complexity index is 389. The number of carbonyl (C=O) groups is 1. The molecular weight excluding hydrogens is 194 g/mol. The molecule has 0 saturated carbocycles. The maximum absolute atomic E-state index is 11.0. The molecule has 78 valence electrons. The molecule has 1 aromatic rings. The number of para-hydroxylation sites is 2. The third-order valence-corrected chi connectivity index (χ3v) is 2.00. The molecule has 0 bridgehead atoms. The normalized spacial score (nSPS) is 18.0. The fourth-order valence-corrected chi connectivity index (χ4v) is 1.31. The van der Waals surface area contributed by atoms with Gasteiger partial charge in [-0.05, 0) is 18.2 Å². The summed E-state index contributed by atoms with van der Waals surface area (Å²) in [5.41, 5.74) is 0. The lowest BCUT2D eigenvalue weighted by atomic mass is 10.3. The van der Waals surface area contributed by atoms with Gasteiger partial charge in [-0.3, -0.25) is 4.79 Å². The summed E-state index contributed by atoms with van der Waals surface area (Å²) in [6, 6.07) is 7.33. The zero-order valence-corrected chi connectivity index (χ0v) is 8.10. The van der Waals surface area contributed by atoms with E-state index in [0.717, 1.165) is 0 Å². The monoisotopic (exact) mass is 205 g/mol. The highest BCUT2D eigenvalue weighted by atomic mass is 16.6. The summed E-state index contributed by atoms with van der Waals surface area (Å²) in [7, 11) is 0. The lowest BCUT2D eigenvalue weighted by molar-refractivity contribution is -0.119. The average Bonchev–Trinajstić information content (AvgIpc) is 2.29. The second-order valence-electron chi connectivity index (χ2n) is 3.08. The molecule has 0 saturated heterocycles. The third-order valence-electron chi connectivity index (χ3n) is 2.00. The van der Waals surface area contributed by atoms with E-state index in [1.165, 1.54) is 6.08 Å². The minimum absolute atomic E-state index is 0.275. The largest absolute Gasteiger partial charge is 0.484 e. The summed E-state index contributed by atoms with van der Waals surface area (Å²) in [5, 5.41) is 2.61. The van der Waals surface area contributed by atoms with Crippen LogP contribution in [0.2, 0.25) is 0 Å². The summed E-state index contributed by atoms with van der Waals surface area (Å²) in [4.78, 5) is 11.0. The molecule has 1 aliphatic heterocycles. The van der Waals surface area contributed by atoms with Crippen molar-refractivity contribution >= 4 is 5.91 Å². The minimum atomic E-state index is -0.453. The van der Waals surface area contributed by atoms with E-state index < -0.39 is 6.23 Å². The van der Waals surface area contributed by atoms with Crippen molar-refractivity contribution in [1.29, 1.82) is 0 Å². The smallest absolute Gasteiger partial charge is 0.246 e. The number of benzene rings is 1. The average molecular weight is 205 g/mol. The summed E-state index contributed by atoms with van der Waals surface area (Å²) < 4.78 is 10.9. The molecule has 1 unspecified atom stereocenters. The second kappa shape index (κ2) is 4.04. The van der Waals surface area contributed by atoms with Gasteiger partial charge in [-0.15, -0.1) is 0 Å². The van der Waals surface area contributed by atoms with Crippen LogP contribution < -0.4 is 14.8 Å². The Labute approximate surface area is 87.5 Å². The van der Waals surface area contributed by atoms with E-state index in [4.69, 9.17) is 9.47 Å². The van der Waals surface area contributed by atoms with Gasteiger partial charge in [0.1, 0.15) is 6.61 Å². The number of fused-ring (bicyclic) bond motifs is 1. The van der Waals surface area contributed by atoms with Crippen LogP contribution in [-0.2, 0) is 4.79 Å². The Kier molecular flexibility index (Phi) is 2.58. The Hall–Kier alpha value is -1.97. The fourth-order valence-electron chi connectivity index (χ4n) is 1.31. The van der Waals surface area contributed by atoms with Gasteiger partial charge >= 0.3 is 0 Å². The molecular formula is C11H11NO3. The van der Waals surface area contributed by atoms with Crippen molar-refractivity contribution in [2.24, 2.45) is 0 Å². The van der Waals surface area contributed by atoms with Crippen LogP contribution in [-0.4, -0.2) is 18.7 Å². The molecule has 1 amide bonds. The molecule has 4 nitrogen and oxygen atoms in total. The van der Waals surface area contributed by atoms with Crippen LogP contribution in [0.15, 0.2) is 36.9 Å². The van der Waals surface area contributed by atoms with E-state index >= 15 is 0 Å². The topological polar surface area (TPSA) is 47.6 Å². The highest BCUT2D eigenvalue weighted by Gasteiger charge is 2.20. The molecule has 2 rings (SSSR count). The van der Waals surface area contributed by atoms with Gasteiger partial charge in [0, 0.05) is 0 Å². The molecule has 4 heteroatoms. The molecule has 1 atom stereocenters. The quantitative estimate of drug-likeness (QED) is 0.735. The third kappa shape index (κ3) is 2.10. The molecule has 1 aromatic carbocycles. The zero-order valence-electron chi connectivity index (χ0n) is 8.10. The van der Waals surface area contributed by atoms with E-state index in [-0.39, 0.29) is 5.91 Å². The van der Waals surface area contributed by atoms with E-state index in [0.29, 0.717) is 18.1 Å². The van der Waals surface area contributed by atoms with Gasteiger partial charge in [0.15, 0.2) is 11.5 Å². The summed E-state index contributed by atoms with van der Waals surface area (Å²) in [5.74, 6) is 1.06. The van der Waals surface area contributed by atoms with Gasteiger partial charge < -0.3 is 14.8 Å². The van der Waals surface area contributed by atoms with Crippen molar-refractivity contribution in [3.63, 3.8) is 0 Å². The molecule has 1 aliphatic rings. The van der Waals surface area contributed by atoms with Crippen LogP contribution in [0.4, 0.5) is 0 Å². The lowest BCUT2D eigenvalue weighted by Crippen LogP contribution is -2.44. The Balaban J connectivity index is 2.05. The molecule has 15 heavy (non-hydrogen) atoms. The summed E-state index contributed by atoms with van der Waals surface area (Å²) in [6.45, 7) is 3.66. The fraction of sp³-hybridized carbons (Fsp3) is 0.182. The number of carbonyl (C=O) groups excluding carboxylic acids is 1. The first kappa shape index (κ1) is 9.58. The number of rotatable bonds is 2. The Morgan fingerprint density at radius 2 is 2.20 bits per heavy atom. The molecule has 0 aromatic heterocycles. The first-order valence-electron chi connectivity index (χ1n) is 4.61. The van der Waals surface area contributed by atoms with E-state index in [9.17, 15) is 4.79 Å². The van der Waals surface area contributed by atoms with E-state index in [1.54, 1.807) is 6.07 Å². The highest BCUT2D eigenvalue weighted by Crippen LogP contribution is 2.30. The number of hydrogen-bond donors (Lipinski definition) is 1.